The van der Waals surface area contributed by atoms with E-state index in [4.69, 9.17) is 16.3 Å². The molecule has 5 nitrogen and oxygen atoms in total. The molecule has 2 aromatic rings. The van der Waals surface area contributed by atoms with Crippen molar-refractivity contribution in [2.75, 3.05) is 26.7 Å². The Kier molecular flexibility index (Phi) is 7.29. The molecule has 25 heavy (non-hydrogen) atoms. The molecule has 0 radical (unpaired) electrons. The Balaban J connectivity index is 1.65. The standard InChI is InChI=1S/C19H21ClN2O3/c1-22(12-13-25-17-9-5-8-16(20)14-17)18(23)10-11-21-19(24)15-6-3-2-4-7-15/h2-9,14H,10-13H2,1H3,(H,21,24). The van der Waals surface area contributed by atoms with E-state index in [1.165, 1.54) is 0 Å². The summed E-state index contributed by atoms with van der Waals surface area (Å²) in [6.45, 7) is 1.13. The van der Waals surface area contributed by atoms with Crippen molar-refractivity contribution in [2.45, 2.75) is 6.42 Å². The van der Waals surface area contributed by atoms with Gasteiger partial charge in [0.05, 0.1) is 6.54 Å². The number of benzene rings is 2. The van der Waals surface area contributed by atoms with E-state index in [0.717, 1.165) is 0 Å². The Labute approximate surface area is 152 Å². The summed E-state index contributed by atoms with van der Waals surface area (Å²) in [4.78, 5) is 25.5. The Hall–Kier alpha value is -2.53. The Morgan fingerprint density at radius 1 is 1.12 bits per heavy atom. The molecule has 6 heteroatoms. The molecule has 0 atom stereocenters. The van der Waals surface area contributed by atoms with Crippen molar-refractivity contribution in [1.82, 2.24) is 10.2 Å². The summed E-state index contributed by atoms with van der Waals surface area (Å²) in [5.74, 6) is 0.437. The van der Waals surface area contributed by atoms with Gasteiger partial charge in [0.2, 0.25) is 5.91 Å². The van der Waals surface area contributed by atoms with E-state index in [1.54, 1.807) is 48.3 Å². The minimum absolute atomic E-state index is 0.0527. The molecule has 0 unspecified atom stereocenters. The molecule has 0 heterocycles. The molecule has 132 valence electrons. The Morgan fingerprint density at radius 3 is 2.60 bits per heavy atom. The number of ether oxygens (including phenoxy) is 1. The van der Waals surface area contributed by atoms with Crippen LogP contribution in [0.1, 0.15) is 16.8 Å². The molecule has 0 saturated heterocycles. The monoisotopic (exact) mass is 360 g/mol. The van der Waals surface area contributed by atoms with Crippen LogP contribution in [-0.4, -0.2) is 43.5 Å². The van der Waals surface area contributed by atoms with E-state index in [1.807, 2.05) is 18.2 Å². The molecule has 2 amide bonds. The molecule has 0 aliphatic heterocycles. The van der Waals surface area contributed by atoms with Crippen molar-refractivity contribution in [2.24, 2.45) is 0 Å². The number of halogens is 1. The van der Waals surface area contributed by atoms with E-state index in [2.05, 4.69) is 5.32 Å². The van der Waals surface area contributed by atoms with Gasteiger partial charge in [-0.25, -0.2) is 0 Å². The van der Waals surface area contributed by atoms with Crippen LogP contribution in [0.15, 0.2) is 54.6 Å². The fourth-order valence-corrected chi connectivity index (χ4v) is 2.33. The number of amides is 2. The minimum atomic E-state index is -0.180. The van der Waals surface area contributed by atoms with E-state index in [9.17, 15) is 9.59 Å². The SMILES string of the molecule is CN(CCOc1cccc(Cl)c1)C(=O)CCNC(=O)c1ccccc1. The third kappa shape index (κ3) is 6.47. The van der Waals surface area contributed by atoms with Gasteiger partial charge in [0.1, 0.15) is 12.4 Å². The number of rotatable bonds is 8. The molecule has 0 aliphatic carbocycles. The summed E-state index contributed by atoms with van der Waals surface area (Å²) >= 11 is 5.88. The number of hydrogen-bond donors (Lipinski definition) is 1. The van der Waals surface area contributed by atoms with Gasteiger partial charge in [-0.3, -0.25) is 9.59 Å². The van der Waals surface area contributed by atoms with Crippen molar-refractivity contribution in [3.8, 4) is 5.75 Å². The maximum Gasteiger partial charge on any atom is 0.251 e. The summed E-state index contributed by atoms with van der Waals surface area (Å²) < 4.78 is 5.56. The van der Waals surface area contributed by atoms with Crippen molar-refractivity contribution in [3.63, 3.8) is 0 Å². The van der Waals surface area contributed by atoms with E-state index in [0.29, 0.717) is 36.0 Å². The fraction of sp³-hybridized carbons (Fsp3) is 0.263. The maximum atomic E-state index is 12.1. The number of hydrogen-bond acceptors (Lipinski definition) is 3. The van der Waals surface area contributed by atoms with Gasteiger partial charge in [-0.15, -0.1) is 0 Å². The molecule has 0 bridgehead atoms. The van der Waals surface area contributed by atoms with Gasteiger partial charge in [0, 0.05) is 30.6 Å². The second kappa shape index (κ2) is 9.69. The molecular formula is C19H21ClN2O3. The van der Waals surface area contributed by atoms with E-state index < -0.39 is 0 Å². The molecule has 0 aromatic heterocycles. The van der Waals surface area contributed by atoms with Crippen LogP contribution in [0.3, 0.4) is 0 Å². The Bertz CT molecular complexity index is 707. The molecule has 2 aromatic carbocycles. The number of likely N-dealkylation sites (N-methyl/N-ethyl adjacent to an activating group) is 1. The third-order valence-corrected chi connectivity index (χ3v) is 3.81. The second-order valence-electron chi connectivity index (χ2n) is 5.49. The lowest BCUT2D eigenvalue weighted by Gasteiger charge is -2.17. The quantitative estimate of drug-likeness (QED) is 0.787. The lowest BCUT2D eigenvalue weighted by atomic mass is 10.2. The summed E-state index contributed by atoms with van der Waals surface area (Å²) in [6, 6.07) is 16.0. The average molecular weight is 361 g/mol. The van der Waals surface area contributed by atoms with Crippen LogP contribution in [0.25, 0.3) is 0 Å². The lowest BCUT2D eigenvalue weighted by Crippen LogP contribution is -2.34. The average Bonchev–Trinajstić information content (AvgIpc) is 2.62. The third-order valence-electron chi connectivity index (χ3n) is 3.58. The molecule has 0 saturated carbocycles. The largest absolute Gasteiger partial charge is 0.492 e. The van der Waals surface area contributed by atoms with Crippen LogP contribution in [-0.2, 0) is 4.79 Å². The fourth-order valence-electron chi connectivity index (χ4n) is 2.15. The maximum absolute atomic E-state index is 12.1. The van der Waals surface area contributed by atoms with Crippen molar-refractivity contribution in [3.05, 3.63) is 65.2 Å². The minimum Gasteiger partial charge on any atom is -0.492 e. The normalized spacial score (nSPS) is 10.2. The zero-order chi connectivity index (χ0) is 18.1. The topological polar surface area (TPSA) is 58.6 Å². The van der Waals surface area contributed by atoms with Crippen LogP contribution >= 0.6 is 11.6 Å². The number of nitrogens with one attached hydrogen (secondary N) is 1. The smallest absolute Gasteiger partial charge is 0.251 e. The highest BCUT2D eigenvalue weighted by molar-refractivity contribution is 6.30. The number of nitrogens with zero attached hydrogens (tertiary/aromatic N) is 1. The van der Waals surface area contributed by atoms with E-state index in [-0.39, 0.29) is 18.2 Å². The molecule has 1 N–H and O–H groups in total. The van der Waals surface area contributed by atoms with Crippen LogP contribution in [0.4, 0.5) is 0 Å². The van der Waals surface area contributed by atoms with Gasteiger partial charge in [-0.1, -0.05) is 35.9 Å². The van der Waals surface area contributed by atoms with Crippen molar-refractivity contribution < 1.29 is 14.3 Å². The van der Waals surface area contributed by atoms with E-state index >= 15 is 0 Å². The number of carbonyl (C=O) groups is 2. The van der Waals surface area contributed by atoms with Gasteiger partial charge < -0.3 is 15.0 Å². The second-order valence-corrected chi connectivity index (χ2v) is 5.93. The van der Waals surface area contributed by atoms with Gasteiger partial charge >= 0.3 is 0 Å². The predicted octanol–water partition coefficient (Wildman–Crippen LogP) is 3.00. The molecule has 0 spiro atoms. The molecule has 0 fully saturated rings. The first-order valence-electron chi connectivity index (χ1n) is 8.02. The van der Waals surface area contributed by atoms with Crippen LogP contribution in [0.2, 0.25) is 5.02 Å². The summed E-state index contributed by atoms with van der Waals surface area (Å²) in [5, 5.41) is 3.35. The van der Waals surface area contributed by atoms with Gasteiger partial charge in [-0.2, -0.15) is 0 Å². The number of carbonyl (C=O) groups excluding carboxylic acids is 2. The first-order chi connectivity index (χ1) is 12.1. The van der Waals surface area contributed by atoms with Gasteiger partial charge in [0.15, 0.2) is 0 Å². The summed E-state index contributed by atoms with van der Waals surface area (Å²) in [5.41, 5.74) is 0.582. The highest BCUT2D eigenvalue weighted by Gasteiger charge is 2.10. The van der Waals surface area contributed by atoms with Crippen LogP contribution in [0.5, 0.6) is 5.75 Å². The highest BCUT2D eigenvalue weighted by Crippen LogP contribution is 2.16. The molecule has 2 rings (SSSR count). The van der Waals surface area contributed by atoms with Gasteiger partial charge in [-0.05, 0) is 30.3 Å². The van der Waals surface area contributed by atoms with Crippen LogP contribution in [0, 0.1) is 0 Å². The first kappa shape index (κ1) is 18.8. The molecule has 0 aliphatic rings. The molecular weight excluding hydrogens is 340 g/mol. The summed E-state index contributed by atoms with van der Waals surface area (Å²) in [7, 11) is 1.71. The van der Waals surface area contributed by atoms with Gasteiger partial charge in [0.25, 0.3) is 5.91 Å². The van der Waals surface area contributed by atoms with Crippen LogP contribution < -0.4 is 10.1 Å². The first-order valence-corrected chi connectivity index (χ1v) is 8.39. The highest BCUT2D eigenvalue weighted by atomic mass is 35.5. The summed E-state index contributed by atoms with van der Waals surface area (Å²) in [6.07, 6.45) is 0.242. The lowest BCUT2D eigenvalue weighted by molar-refractivity contribution is -0.130. The predicted molar refractivity (Wildman–Crippen MR) is 98.0 cm³/mol. The zero-order valence-corrected chi connectivity index (χ0v) is 14.8. The Morgan fingerprint density at radius 2 is 1.88 bits per heavy atom. The van der Waals surface area contributed by atoms with Crippen molar-refractivity contribution >= 4 is 23.4 Å². The zero-order valence-electron chi connectivity index (χ0n) is 14.1. The van der Waals surface area contributed by atoms with Crippen molar-refractivity contribution in [1.29, 1.82) is 0 Å².